The van der Waals surface area contributed by atoms with Crippen molar-refractivity contribution < 1.29 is 39.1 Å². The number of hydrogen-bond acceptors (Lipinski definition) is 10. The van der Waals surface area contributed by atoms with E-state index in [9.17, 15) is 20.1 Å². The summed E-state index contributed by atoms with van der Waals surface area (Å²) in [5.74, 6) is -0.128. The highest BCUT2D eigenvalue weighted by Crippen LogP contribution is 2.70. The Morgan fingerprint density at radius 2 is 1.93 bits per heavy atom. The number of hydrogen-bond donors (Lipinski definition) is 3. The molecule has 0 bridgehead atoms. The third kappa shape index (κ3) is 5.10. The fraction of sp³-hybridized carbons (Fsp3) is 0.750. The molecule has 3 heterocycles. The lowest BCUT2D eigenvalue weighted by Gasteiger charge is -2.66. The molecule has 12 atom stereocenters. The molecule has 6 aliphatic rings. The van der Waals surface area contributed by atoms with Crippen molar-refractivity contribution in [2.75, 3.05) is 13.7 Å². The summed E-state index contributed by atoms with van der Waals surface area (Å²) in [6, 6.07) is 5.81. The first-order valence-corrected chi connectivity index (χ1v) is 17.3. The van der Waals surface area contributed by atoms with Crippen molar-refractivity contribution in [3.8, 4) is 0 Å². The number of fused-ring (bicyclic) bond motifs is 5. The van der Waals surface area contributed by atoms with E-state index in [2.05, 4.69) is 11.9 Å². The molecule has 0 radical (unpaired) electrons. The second-order valence-electron chi connectivity index (χ2n) is 15.2. The monoisotopic (exact) mass is 638 g/mol. The highest BCUT2D eigenvalue weighted by molar-refractivity contribution is 5.85. The van der Waals surface area contributed by atoms with Crippen LogP contribution in [0.1, 0.15) is 83.7 Å². The number of pyridine rings is 1. The summed E-state index contributed by atoms with van der Waals surface area (Å²) in [6.45, 7) is 4.79. The van der Waals surface area contributed by atoms with Gasteiger partial charge in [-0.3, -0.25) is 9.98 Å². The molecule has 1 saturated heterocycles. The molecule has 0 unspecified atom stereocenters. The van der Waals surface area contributed by atoms with Crippen LogP contribution < -0.4 is 0 Å². The van der Waals surface area contributed by atoms with Crippen LogP contribution in [0.4, 0.5) is 0 Å². The number of nitrogens with zero attached hydrogens (tertiary/aromatic N) is 2. The van der Waals surface area contributed by atoms with Crippen LogP contribution in [0.15, 0.2) is 41.0 Å². The number of ether oxygens (including phenoxy) is 4. The second-order valence-corrected chi connectivity index (χ2v) is 15.2. The number of aliphatic imine (C=N–C) groups is 1. The first-order chi connectivity index (χ1) is 22.0. The number of aliphatic hydroxyl groups excluding tert-OH is 1. The summed E-state index contributed by atoms with van der Waals surface area (Å²) in [7, 11) is 1.59. The lowest BCUT2D eigenvalue weighted by Crippen LogP contribution is -2.69. The van der Waals surface area contributed by atoms with E-state index in [-0.39, 0.29) is 41.3 Å². The summed E-state index contributed by atoms with van der Waals surface area (Å²) in [5.41, 5.74) is -1.09. The van der Waals surface area contributed by atoms with Crippen LogP contribution in [0, 0.1) is 28.6 Å². The van der Waals surface area contributed by atoms with E-state index in [1.807, 2.05) is 31.3 Å². The van der Waals surface area contributed by atoms with Crippen molar-refractivity contribution >= 4 is 12.2 Å². The number of cyclic esters (lactones) is 1. The Hall–Kier alpha value is -2.21. The lowest BCUT2D eigenvalue weighted by atomic mass is 9.41. The molecule has 10 heteroatoms. The number of rotatable bonds is 7. The van der Waals surface area contributed by atoms with Gasteiger partial charge < -0.3 is 34.3 Å². The molecular formula is C36H50N2O8. The summed E-state index contributed by atoms with van der Waals surface area (Å²) in [4.78, 5) is 21.4. The number of carbonyl (C=O) groups is 1. The Bertz CT molecular complexity index is 1360. The highest BCUT2D eigenvalue weighted by Gasteiger charge is 2.71. The quantitative estimate of drug-likeness (QED) is 0.231. The maximum atomic E-state index is 12.8. The van der Waals surface area contributed by atoms with Gasteiger partial charge in [-0.15, -0.1) is 0 Å². The highest BCUT2D eigenvalue weighted by atomic mass is 16.7. The van der Waals surface area contributed by atoms with Crippen LogP contribution in [0.5, 0.6) is 0 Å². The molecule has 252 valence electrons. The van der Waals surface area contributed by atoms with Crippen LogP contribution in [0.3, 0.4) is 0 Å². The summed E-state index contributed by atoms with van der Waals surface area (Å²) < 4.78 is 23.4. The van der Waals surface area contributed by atoms with Crippen LogP contribution in [-0.4, -0.2) is 88.1 Å². The third-order valence-corrected chi connectivity index (χ3v) is 13.2. The van der Waals surface area contributed by atoms with E-state index in [0.717, 1.165) is 37.0 Å². The molecule has 3 N–H and O–H groups in total. The van der Waals surface area contributed by atoms with Gasteiger partial charge in [0.2, 0.25) is 0 Å². The fourth-order valence-corrected chi connectivity index (χ4v) is 10.8. The molecule has 7 rings (SSSR count). The number of aromatic nitrogens is 1. The van der Waals surface area contributed by atoms with Crippen molar-refractivity contribution in [3.63, 3.8) is 0 Å². The van der Waals surface area contributed by atoms with Crippen molar-refractivity contribution in [2.45, 2.75) is 127 Å². The van der Waals surface area contributed by atoms with E-state index in [1.54, 1.807) is 19.4 Å². The SMILES string of the molecule is CO[C@H]1C[C@H](O[C@@H]2CC[C@]3(C=NCc4ccccn4)[C@H]4CC[C@]5(C)[C@H](C6=CC(=O)OC6)CC[C@]5(O)[C@H]4CC[C@]3(O)C2)O[C@H](C)[C@H]1O. The lowest BCUT2D eigenvalue weighted by molar-refractivity contribution is -0.284. The van der Waals surface area contributed by atoms with Gasteiger partial charge in [0.25, 0.3) is 0 Å². The standard InChI is InChI=1S/C36H50N2O8/c1-22-32(40)29(43-3)17-31(45-22)46-25-7-12-34(21-37-19-24-6-4-5-15-38-24)27-8-11-33(2)26(23-16-30(39)44-20-23)10-14-36(33,42)28(27)9-13-35(34,41)18-25/h4-6,15-16,21-22,25-29,31-32,40-42H,7-14,17-20H2,1-3H3/t22-,25-,26+,27+,28+,29+,31+,32-,33-,34+,35+,36+/m1/s1. The zero-order valence-corrected chi connectivity index (χ0v) is 27.3. The zero-order valence-electron chi connectivity index (χ0n) is 27.3. The topological polar surface area (TPSA) is 140 Å². The number of methoxy groups -OCH3 is 1. The number of esters is 1. The second kappa shape index (κ2) is 12.0. The third-order valence-electron chi connectivity index (χ3n) is 13.2. The van der Waals surface area contributed by atoms with E-state index in [0.29, 0.717) is 51.7 Å². The molecule has 10 nitrogen and oxygen atoms in total. The molecular weight excluding hydrogens is 588 g/mol. The van der Waals surface area contributed by atoms with Gasteiger partial charge in [-0.2, -0.15) is 0 Å². The first-order valence-electron chi connectivity index (χ1n) is 17.3. The largest absolute Gasteiger partial charge is 0.458 e. The predicted octanol–water partition coefficient (Wildman–Crippen LogP) is 3.90. The maximum Gasteiger partial charge on any atom is 0.331 e. The van der Waals surface area contributed by atoms with E-state index in [1.165, 1.54) is 0 Å². The predicted molar refractivity (Wildman–Crippen MR) is 169 cm³/mol. The molecule has 46 heavy (non-hydrogen) atoms. The summed E-state index contributed by atoms with van der Waals surface area (Å²) >= 11 is 0. The molecule has 0 aromatic carbocycles. The molecule has 1 aromatic heterocycles. The minimum atomic E-state index is -1.07. The van der Waals surface area contributed by atoms with Crippen LogP contribution in [0.25, 0.3) is 0 Å². The van der Waals surface area contributed by atoms with Crippen LogP contribution in [-0.2, 0) is 30.3 Å². The van der Waals surface area contributed by atoms with E-state index >= 15 is 0 Å². The Balaban J connectivity index is 1.17. The summed E-state index contributed by atoms with van der Waals surface area (Å²) in [5, 5.41) is 36.0. The summed E-state index contributed by atoms with van der Waals surface area (Å²) in [6.07, 6.45) is 9.93. The van der Waals surface area contributed by atoms with Gasteiger partial charge >= 0.3 is 5.97 Å². The Kier molecular flexibility index (Phi) is 8.46. The minimum absolute atomic E-state index is 0.000364. The van der Waals surface area contributed by atoms with Crippen molar-refractivity contribution in [1.82, 2.24) is 4.98 Å². The average Bonchev–Trinajstić information content (AvgIpc) is 3.58. The molecule has 4 aliphatic carbocycles. The molecule has 4 saturated carbocycles. The van der Waals surface area contributed by atoms with E-state index < -0.39 is 35.1 Å². The van der Waals surface area contributed by atoms with Gasteiger partial charge in [-0.25, -0.2) is 4.79 Å². The van der Waals surface area contributed by atoms with Crippen molar-refractivity contribution in [1.29, 1.82) is 0 Å². The minimum Gasteiger partial charge on any atom is -0.458 e. The number of aliphatic hydroxyl groups is 3. The van der Waals surface area contributed by atoms with Gasteiger partial charge in [0, 0.05) is 49.3 Å². The Labute approximate surface area is 271 Å². The van der Waals surface area contributed by atoms with Crippen LogP contribution in [0.2, 0.25) is 0 Å². The molecule has 0 spiro atoms. The molecule has 0 amide bonds. The van der Waals surface area contributed by atoms with Gasteiger partial charge in [0.15, 0.2) is 6.29 Å². The van der Waals surface area contributed by atoms with Crippen molar-refractivity contribution in [2.24, 2.45) is 33.6 Å². The fourth-order valence-electron chi connectivity index (χ4n) is 10.8. The molecule has 5 fully saturated rings. The number of carbonyl (C=O) groups excluding carboxylic acids is 1. The molecule has 1 aromatic rings. The van der Waals surface area contributed by atoms with Gasteiger partial charge in [-0.05, 0) is 93.7 Å². The zero-order chi connectivity index (χ0) is 32.3. The normalized spacial score (nSPS) is 47.2. The smallest absolute Gasteiger partial charge is 0.331 e. The first kappa shape index (κ1) is 32.3. The van der Waals surface area contributed by atoms with E-state index in [4.69, 9.17) is 23.9 Å². The Morgan fingerprint density at radius 1 is 1.11 bits per heavy atom. The van der Waals surface area contributed by atoms with Gasteiger partial charge in [0.05, 0.1) is 41.8 Å². The Morgan fingerprint density at radius 3 is 2.67 bits per heavy atom. The average molecular weight is 639 g/mol. The van der Waals surface area contributed by atoms with Gasteiger partial charge in [-0.1, -0.05) is 13.0 Å². The van der Waals surface area contributed by atoms with Crippen LogP contribution >= 0.6 is 0 Å². The van der Waals surface area contributed by atoms with Gasteiger partial charge in [0.1, 0.15) is 12.7 Å². The molecule has 2 aliphatic heterocycles. The van der Waals surface area contributed by atoms with Crippen molar-refractivity contribution in [3.05, 3.63) is 41.7 Å². The maximum absolute atomic E-state index is 12.8.